The number of methoxy groups -OCH3 is 1. The normalized spacial score (nSPS) is 11.5. The monoisotopic (exact) mass is 242 g/mol. The van der Waals surface area contributed by atoms with Crippen LogP contribution in [0.2, 0.25) is 0 Å². The van der Waals surface area contributed by atoms with Crippen molar-refractivity contribution in [1.82, 2.24) is 10.2 Å². The highest BCUT2D eigenvalue weighted by Gasteiger charge is 2.33. The topological polar surface area (TPSA) is 37.9 Å². The van der Waals surface area contributed by atoms with Gasteiger partial charge in [0.2, 0.25) is 0 Å². The first kappa shape index (κ1) is 11.5. The van der Waals surface area contributed by atoms with Gasteiger partial charge in [0.05, 0.1) is 12.8 Å². The van der Waals surface area contributed by atoms with Crippen molar-refractivity contribution >= 4 is 0 Å². The minimum Gasteiger partial charge on any atom is -0.497 e. The quantitative estimate of drug-likeness (QED) is 0.878. The van der Waals surface area contributed by atoms with Gasteiger partial charge in [0.15, 0.2) is 0 Å². The lowest BCUT2D eigenvalue weighted by molar-refractivity contribution is -0.141. The maximum absolute atomic E-state index is 12.3. The fraction of sp³-hybridized carbons (Fsp3) is 0.182. The number of nitrogens with zero attached hydrogens (tertiary/aromatic N) is 1. The Bertz CT molecular complexity index is 502. The van der Waals surface area contributed by atoms with Gasteiger partial charge in [-0.1, -0.05) is 0 Å². The summed E-state index contributed by atoms with van der Waals surface area (Å²) in [6.07, 6.45) is -4.41. The van der Waals surface area contributed by atoms with Crippen LogP contribution in [0.25, 0.3) is 11.3 Å². The van der Waals surface area contributed by atoms with Crippen LogP contribution in [0, 0.1) is 0 Å². The van der Waals surface area contributed by atoms with Crippen molar-refractivity contribution in [3.8, 4) is 17.0 Å². The summed E-state index contributed by atoms with van der Waals surface area (Å²) in [5.41, 5.74) is -0.0131. The van der Waals surface area contributed by atoms with Gasteiger partial charge >= 0.3 is 6.18 Å². The molecule has 6 heteroatoms. The first-order valence-electron chi connectivity index (χ1n) is 4.78. The van der Waals surface area contributed by atoms with Gasteiger partial charge in [-0.05, 0) is 30.3 Å². The maximum atomic E-state index is 12.3. The summed E-state index contributed by atoms with van der Waals surface area (Å²) in [7, 11) is 1.52. The number of H-pyrrole nitrogens is 1. The van der Waals surface area contributed by atoms with E-state index in [-0.39, 0.29) is 5.69 Å². The van der Waals surface area contributed by atoms with Crippen molar-refractivity contribution in [2.75, 3.05) is 7.11 Å². The first-order chi connectivity index (χ1) is 8.00. The standard InChI is InChI=1S/C11H9F3N2O/c1-17-8-4-2-7(3-5-8)9-6-10(16-15-9)11(12,13)14/h2-6H,1H3,(H,15,16). The summed E-state index contributed by atoms with van der Waals surface area (Å²) in [6.45, 7) is 0. The van der Waals surface area contributed by atoms with E-state index in [1.54, 1.807) is 24.3 Å². The van der Waals surface area contributed by atoms with Crippen molar-refractivity contribution in [3.63, 3.8) is 0 Å². The highest BCUT2D eigenvalue weighted by Crippen LogP contribution is 2.30. The average Bonchev–Trinajstić information content (AvgIpc) is 2.78. The van der Waals surface area contributed by atoms with Crippen LogP contribution in [0.15, 0.2) is 30.3 Å². The molecule has 17 heavy (non-hydrogen) atoms. The second-order valence-electron chi connectivity index (χ2n) is 3.39. The van der Waals surface area contributed by atoms with Crippen LogP contribution < -0.4 is 4.74 Å². The molecule has 90 valence electrons. The number of rotatable bonds is 2. The third-order valence-corrected chi connectivity index (χ3v) is 2.27. The van der Waals surface area contributed by atoms with E-state index in [2.05, 4.69) is 5.10 Å². The molecule has 2 aromatic rings. The Morgan fingerprint density at radius 2 is 1.82 bits per heavy atom. The van der Waals surface area contributed by atoms with Gasteiger partial charge in [0, 0.05) is 5.56 Å². The fourth-order valence-corrected chi connectivity index (χ4v) is 1.38. The van der Waals surface area contributed by atoms with Crippen molar-refractivity contribution in [3.05, 3.63) is 36.0 Å². The average molecular weight is 242 g/mol. The molecule has 0 spiro atoms. The second kappa shape index (κ2) is 4.12. The van der Waals surface area contributed by atoms with E-state index >= 15 is 0 Å². The molecule has 2 rings (SSSR count). The van der Waals surface area contributed by atoms with Crippen LogP contribution in [0.5, 0.6) is 5.75 Å². The summed E-state index contributed by atoms with van der Waals surface area (Å²) >= 11 is 0. The molecule has 0 saturated carbocycles. The predicted octanol–water partition coefficient (Wildman–Crippen LogP) is 3.10. The number of ether oxygens (including phenoxy) is 1. The molecule has 0 aliphatic carbocycles. The summed E-state index contributed by atoms with van der Waals surface area (Å²) in [4.78, 5) is 0. The predicted molar refractivity (Wildman–Crippen MR) is 55.6 cm³/mol. The van der Waals surface area contributed by atoms with Crippen LogP contribution in [-0.4, -0.2) is 17.3 Å². The van der Waals surface area contributed by atoms with E-state index in [1.807, 2.05) is 5.10 Å². The maximum Gasteiger partial charge on any atom is 0.432 e. The molecular formula is C11H9F3N2O. The Balaban J connectivity index is 2.30. The molecule has 0 saturated heterocycles. The van der Waals surface area contributed by atoms with Gasteiger partial charge in [0.25, 0.3) is 0 Å². The molecule has 3 nitrogen and oxygen atoms in total. The first-order valence-corrected chi connectivity index (χ1v) is 4.78. The zero-order valence-electron chi connectivity index (χ0n) is 8.88. The van der Waals surface area contributed by atoms with E-state index in [1.165, 1.54) is 7.11 Å². The van der Waals surface area contributed by atoms with Crippen molar-refractivity contribution < 1.29 is 17.9 Å². The second-order valence-corrected chi connectivity index (χ2v) is 3.39. The van der Waals surface area contributed by atoms with Gasteiger partial charge in [-0.3, -0.25) is 5.10 Å². The minimum absolute atomic E-state index is 0.250. The van der Waals surface area contributed by atoms with Crippen molar-refractivity contribution in [2.45, 2.75) is 6.18 Å². The fourth-order valence-electron chi connectivity index (χ4n) is 1.38. The molecule has 0 amide bonds. The number of hydrogen-bond acceptors (Lipinski definition) is 2. The Morgan fingerprint density at radius 3 is 2.29 bits per heavy atom. The van der Waals surface area contributed by atoms with Crippen LogP contribution in [0.3, 0.4) is 0 Å². The van der Waals surface area contributed by atoms with E-state index in [9.17, 15) is 13.2 Å². The highest BCUT2D eigenvalue weighted by molar-refractivity contribution is 5.60. The molecule has 1 aromatic carbocycles. The van der Waals surface area contributed by atoms with E-state index in [0.29, 0.717) is 11.3 Å². The van der Waals surface area contributed by atoms with E-state index < -0.39 is 11.9 Å². The number of alkyl halides is 3. The Labute approximate surface area is 95.2 Å². The summed E-state index contributed by atoms with van der Waals surface area (Å²) in [5.74, 6) is 0.639. The van der Waals surface area contributed by atoms with E-state index in [0.717, 1.165) is 6.07 Å². The largest absolute Gasteiger partial charge is 0.497 e. The van der Waals surface area contributed by atoms with Gasteiger partial charge in [-0.15, -0.1) is 0 Å². The zero-order chi connectivity index (χ0) is 12.5. The molecule has 0 fully saturated rings. The number of aromatic amines is 1. The van der Waals surface area contributed by atoms with Crippen LogP contribution in [-0.2, 0) is 6.18 Å². The molecular weight excluding hydrogens is 233 g/mol. The SMILES string of the molecule is COc1ccc(-c2cc(C(F)(F)F)[nH]n2)cc1. The molecule has 0 unspecified atom stereocenters. The lowest BCUT2D eigenvalue weighted by Crippen LogP contribution is -2.04. The number of hydrogen-bond donors (Lipinski definition) is 1. The van der Waals surface area contributed by atoms with Gasteiger partial charge < -0.3 is 4.74 Å². The van der Waals surface area contributed by atoms with Crippen molar-refractivity contribution in [2.24, 2.45) is 0 Å². The van der Waals surface area contributed by atoms with E-state index in [4.69, 9.17) is 4.74 Å². The molecule has 1 aromatic heterocycles. The van der Waals surface area contributed by atoms with Gasteiger partial charge in [0.1, 0.15) is 11.4 Å². The number of nitrogens with one attached hydrogen (secondary N) is 1. The molecule has 0 radical (unpaired) electrons. The lowest BCUT2D eigenvalue weighted by Gasteiger charge is -2.01. The third-order valence-electron chi connectivity index (χ3n) is 2.27. The van der Waals surface area contributed by atoms with Gasteiger partial charge in [-0.2, -0.15) is 18.3 Å². The Morgan fingerprint density at radius 1 is 1.18 bits per heavy atom. The molecule has 1 heterocycles. The zero-order valence-corrected chi connectivity index (χ0v) is 8.88. The van der Waals surface area contributed by atoms with Crippen LogP contribution in [0.4, 0.5) is 13.2 Å². The van der Waals surface area contributed by atoms with Gasteiger partial charge in [-0.25, -0.2) is 0 Å². The molecule has 0 aliphatic rings. The molecule has 0 atom stereocenters. The number of benzene rings is 1. The lowest BCUT2D eigenvalue weighted by atomic mass is 10.1. The third kappa shape index (κ3) is 2.41. The summed E-state index contributed by atoms with van der Waals surface area (Å²) in [5, 5.41) is 5.59. The van der Waals surface area contributed by atoms with Crippen molar-refractivity contribution in [1.29, 1.82) is 0 Å². The minimum atomic E-state index is -4.41. The Hall–Kier alpha value is -1.98. The molecule has 0 bridgehead atoms. The number of aromatic nitrogens is 2. The van der Waals surface area contributed by atoms with Crippen LogP contribution in [0.1, 0.15) is 5.69 Å². The number of halogens is 3. The summed E-state index contributed by atoms with van der Waals surface area (Å²) in [6, 6.07) is 7.60. The smallest absolute Gasteiger partial charge is 0.432 e. The molecule has 0 aliphatic heterocycles. The molecule has 1 N–H and O–H groups in total. The van der Waals surface area contributed by atoms with Crippen LogP contribution >= 0.6 is 0 Å². The summed E-state index contributed by atoms with van der Waals surface area (Å²) < 4.78 is 42.0. The Kier molecular flexibility index (Phi) is 2.79. The highest BCUT2D eigenvalue weighted by atomic mass is 19.4.